The summed E-state index contributed by atoms with van der Waals surface area (Å²) in [5.74, 6) is 3.83. The second-order valence-corrected chi connectivity index (χ2v) is 7.62. The number of halogens is 2. The molecule has 0 fully saturated rings. The van der Waals surface area contributed by atoms with Crippen LogP contribution in [-0.2, 0) is 0 Å². The van der Waals surface area contributed by atoms with Gasteiger partial charge in [-0.05, 0) is 74.2 Å². The van der Waals surface area contributed by atoms with E-state index in [9.17, 15) is 0 Å². The van der Waals surface area contributed by atoms with Crippen molar-refractivity contribution < 1.29 is 18.9 Å². The lowest BCUT2D eigenvalue weighted by atomic mass is 9.73. The highest BCUT2D eigenvalue weighted by Crippen LogP contribution is 2.50. The molecule has 0 amide bonds. The summed E-state index contributed by atoms with van der Waals surface area (Å²) in [5.41, 5.74) is 4.51. The Bertz CT molecular complexity index is 731. The smallest absolute Gasteiger partial charge is 0.161 e. The van der Waals surface area contributed by atoms with Crippen molar-refractivity contribution in [1.29, 1.82) is 0 Å². The second kappa shape index (κ2) is 10.5. The first kappa shape index (κ1) is 22.9. The van der Waals surface area contributed by atoms with Gasteiger partial charge in [0.1, 0.15) is 0 Å². The number of alkyl halides is 2. The summed E-state index contributed by atoms with van der Waals surface area (Å²) in [5, 5.41) is 0. The lowest BCUT2D eigenvalue weighted by Gasteiger charge is -2.34. The van der Waals surface area contributed by atoms with Gasteiger partial charge in [0.2, 0.25) is 0 Å². The Morgan fingerprint density at radius 3 is 0.933 bits per heavy atom. The van der Waals surface area contributed by atoms with Gasteiger partial charge in [-0.15, -0.1) is 23.2 Å². The molecule has 0 N–H and O–H groups in total. The van der Waals surface area contributed by atoms with Gasteiger partial charge in [-0.3, -0.25) is 0 Å². The third-order valence-corrected chi connectivity index (χ3v) is 5.93. The number of hydrogen-bond donors (Lipinski definition) is 0. The minimum atomic E-state index is 0.000832. The van der Waals surface area contributed by atoms with Crippen LogP contribution < -0.4 is 18.9 Å². The summed E-state index contributed by atoms with van der Waals surface area (Å²) < 4.78 is 23.5. The van der Waals surface area contributed by atoms with E-state index in [1.807, 2.05) is 27.7 Å². The van der Waals surface area contributed by atoms with Gasteiger partial charge in [0, 0.05) is 23.6 Å². The van der Waals surface area contributed by atoms with E-state index in [-0.39, 0.29) is 11.8 Å². The molecule has 0 saturated heterocycles. The molecule has 0 aliphatic heterocycles. The summed E-state index contributed by atoms with van der Waals surface area (Å²) in [7, 11) is 0. The van der Waals surface area contributed by atoms with Crippen molar-refractivity contribution in [1.82, 2.24) is 0 Å². The Balaban J connectivity index is 2.22. The summed E-state index contributed by atoms with van der Waals surface area (Å²) in [6.07, 6.45) is 0. The zero-order valence-corrected chi connectivity index (χ0v) is 19.6. The van der Waals surface area contributed by atoms with E-state index in [0.29, 0.717) is 38.2 Å². The van der Waals surface area contributed by atoms with Crippen molar-refractivity contribution in [3.05, 3.63) is 46.5 Å². The number of hydrogen-bond acceptors (Lipinski definition) is 4. The molecule has 2 aromatic carbocycles. The zero-order chi connectivity index (χ0) is 21.7. The Hall–Kier alpha value is -1.78. The van der Waals surface area contributed by atoms with Crippen LogP contribution in [0.25, 0.3) is 0 Å². The molecule has 0 aromatic heterocycles. The third-order valence-electron chi connectivity index (χ3n) is 5.31. The molecule has 0 unspecified atom stereocenters. The maximum Gasteiger partial charge on any atom is 0.161 e. The molecule has 30 heavy (non-hydrogen) atoms. The molecular formula is C24H30Cl2O4. The Morgan fingerprint density at radius 1 is 0.533 bits per heavy atom. The van der Waals surface area contributed by atoms with Crippen molar-refractivity contribution in [3.8, 4) is 23.0 Å². The third kappa shape index (κ3) is 4.31. The van der Waals surface area contributed by atoms with Gasteiger partial charge in [0.05, 0.1) is 26.4 Å². The van der Waals surface area contributed by atoms with Crippen molar-refractivity contribution in [2.45, 2.75) is 39.5 Å². The molecule has 6 heteroatoms. The lowest BCUT2D eigenvalue weighted by molar-refractivity contribution is 0.285. The topological polar surface area (TPSA) is 36.9 Å². The van der Waals surface area contributed by atoms with E-state index in [1.165, 1.54) is 0 Å². The van der Waals surface area contributed by atoms with Crippen LogP contribution in [0.2, 0.25) is 0 Å². The Kier molecular flexibility index (Phi) is 8.01. The van der Waals surface area contributed by atoms with Crippen LogP contribution in [0.15, 0.2) is 24.3 Å². The Morgan fingerprint density at radius 2 is 0.767 bits per heavy atom. The van der Waals surface area contributed by atoms with Gasteiger partial charge in [0.25, 0.3) is 0 Å². The highest BCUT2D eigenvalue weighted by molar-refractivity contribution is 6.19. The first-order chi connectivity index (χ1) is 14.6. The van der Waals surface area contributed by atoms with Crippen LogP contribution in [0.5, 0.6) is 23.0 Å². The summed E-state index contributed by atoms with van der Waals surface area (Å²) >= 11 is 13.0. The minimum Gasteiger partial charge on any atom is -0.490 e. The van der Waals surface area contributed by atoms with E-state index in [2.05, 4.69) is 24.3 Å². The number of fused-ring (bicyclic) bond motifs is 2. The maximum atomic E-state index is 6.51. The van der Waals surface area contributed by atoms with Crippen LogP contribution in [0.4, 0.5) is 0 Å². The lowest BCUT2D eigenvalue weighted by Crippen LogP contribution is -2.21. The SMILES string of the molecule is CCOc1cc2c(cc1OCC)C(CCl)c1cc(OCC)c(OCC)cc1C2CCl. The van der Waals surface area contributed by atoms with Crippen molar-refractivity contribution >= 4 is 23.2 Å². The van der Waals surface area contributed by atoms with E-state index in [1.54, 1.807) is 0 Å². The monoisotopic (exact) mass is 452 g/mol. The van der Waals surface area contributed by atoms with Crippen molar-refractivity contribution in [3.63, 3.8) is 0 Å². The van der Waals surface area contributed by atoms with E-state index in [4.69, 9.17) is 42.1 Å². The van der Waals surface area contributed by atoms with Crippen LogP contribution in [0, 0.1) is 0 Å². The van der Waals surface area contributed by atoms with Crippen LogP contribution >= 0.6 is 23.2 Å². The molecule has 4 nitrogen and oxygen atoms in total. The predicted octanol–water partition coefficient (Wildman–Crippen LogP) is 6.34. The minimum absolute atomic E-state index is 0.000832. The zero-order valence-electron chi connectivity index (χ0n) is 18.1. The molecule has 164 valence electrons. The Labute approximate surface area is 189 Å². The van der Waals surface area contributed by atoms with Gasteiger partial charge in [0.15, 0.2) is 23.0 Å². The molecule has 0 saturated carbocycles. The first-order valence-electron chi connectivity index (χ1n) is 10.6. The van der Waals surface area contributed by atoms with Gasteiger partial charge in [-0.25, -0.2) is 0 Å². The molecule has 2 aromatic rings. The molecule has 1 aliphatic rings. The second-order valence-electron chi connectivity index (χ2n) is 7.00. The number of ether oxygens (including phenoxy) is 4. The molecular weight excluding hydrogens is 423 g/mol. The van der Waals surface area contributed by atoms with Gasteiger partial charge >= 0.3 is 0 Å². The molecule has 0 atom stereocenters. The molecule has 0 spiro atoms. The van der Waals surface area contributed by atoms with Crippen molar-refractivity contribution in [2.24, 2.45) is 0 Å². The van der Waals surface area contributed by atoms with Crippen LogP contribution in [0.3, 0.4) is 0 Å². The average molecular weight is 453 g/mol. The summed E-state index contributed by atoms with van der Waals surface area (Å²) in [6.45, 7) is 10.1. The normalized spacial score (nSPS) is 17.1. The summed E-state index contributed by atoms with van der Waals surface area (Å²) in [6, 6.07) is 8.26. The van der Waals surface area contributed by atoms with Crippen molar-refractivity contribution in [2.75, 3.05) is 38.2 Å². The fraction of sp³-hybridized carbons (Fsp3) is 0.500. The molecule has 0 bridgehead atoms. The maximum absolute atomic E-state index is 6.51. The first-order valence-corrected chi connectivity index (χ1v) is 11.7. The molecule has 0 heterocycles. The fourth-order valence-electron chi connectivity index (χ4n) is 4.13. The van der Waals surface area contributed by atoms with Gasteiger partial charge in [-0.1, -0.05) is 0 Å². The highest BCUT2D eigenvalue weighted by atomic mass is 35.5. The quantitative estimate of drug-likeness (QED) is 0.394. The van der Waals surface area contributed by atoms with Gasteiger partial charge < -0.3 is 18.9 Å². The predicted molar refractivity (Wildman–Crippen MR) is 123 cm³/mol. The molecule has 3 rings (SSSR count). The largest absolute Gasteiger partial charge is 0.490 e. The van der Waals surface area contributed by atoms with E-state index in [0.717, 1.165) is 45.3 Å². The fourth-order valence-corrected chi connectivity index (χ4v) is 4.80. The standard InChI is InChI=1S/C24H30Cl2O4/c1-5-27-21-9-15-16(10-22(21)28-6-2)20(14-26)18-12-24(30-8-4)23(29-7-3)11-17(18)19(15)13-25/h9-12,19-20H,5-8,13-14H2,1-4H3. The highest BCUT2D eigenvalue weighted by Gasteiger charge is 2.34. The number of benzene rings is 2. The van der Waals surface area contributed by atoms with E-state index >= 15 is 0 Å². The van der Waals surface area contributed by atoms with Crippen LogP contribution in [-0.4, -0.2) is 38.2 Å². The van der Waals surface area contributed by atoms with E-state index < -0.39 is 0 Å². The average Bonchev–Trinajstić information content (AvgIpc) is 2.74. The number of rotatable bonds is 10. The molecule has 0 radical (unpaired) electrons. The summed E-state index contributed by atoms with van der Waals surface area (Å²) in [4.78, 5) is 0. The van der Waals surface area contributed by atoms with Crippen LogP contribution in [0.1, 0.15) is 61.8 Å². The molecule has 1 aliphatic carbocycles. The van der Waals surface area contributed by atoms with Gasteiger partial charge in [-0.2, -0.15) is 0 Å².